The number of nitrogens with zero attached hydrogens (tertiary/aromatic N) is 1. The van der Waals surface area contributed by atoms with Crippen molar-refractivity contribution >= 4 is 45.8 Å². The monoisotopic (exact) mass is 345 g/mol. The topological polar surface area (TPSA) is 46.1 Å². The molecule has 0 radical (unpaired) electrons. The largest absolute Gasteiger partial charge is 0.341 e. The van der Waals surface area contributed by atoms with Crippen LogP contribution in [0.15, 0.2) is 42.5 Å². The summed E-state index contributed by atoms with van der Waals surface area (Å²) in [5.74, 6) is -0.0226. The molecule has 1 unspecified atom stereocenters. The molecule has 1 aromatic heterocycles. The Bertz CT molecular complexity index is 856. The van der Waals surface area contributed by atoms with Crippen molar-refractivity contribution in [1.29, 1.82) is 0 Å². The van der Waals surface area contributed by atoms with Crippen LogP contribution in [0.2, 0.25) is 0 Å². The molecule has 4 nitrogen and oxygen atoms in total. The Kier molecular flexibility index (Phi) is 5.86. The highest BCUT2D eigenvalue weighted by Gasteiger charge is 2.14. The van der Waals surface area contributed by atoms with Crippen LogP contribution in [-0.2, 0) is 11.3 Å². The van der Waals surface area contributed by atoms with E-state index in [0.29, 0.717) is 6.54 Å². The number of hydrogen-bond donors (Lipinski definition) is 2. The minimum Gasteiger partial charge on any atom is -0.341 e. The number of aromatic nitrogens is 1. The van der Waals surface area contributed by atoms with Crippen LogP contribution in [0.4, 0.5) is 5.69 Å². The van der Waals surface area contributed by atoms with Gasteiger partial charge in [0, 0.05) is 46.5 Å². The molecule has 0 bridgehead atoms. The summed E-state index contributed by atoms with van der Waals surface area (Å²) in [6.07, 6.45) is 0. The van der Waals surface area contributed by atoms with Crippen molar-refractivity contribution in [3.63, 3.8) is 0 Å². The second kappa shape index (κ2) is 7.69. The third-order valence-electron chi connectivity index (χ3n) is 4.31. The van der Waals surface area contributed by atoms with Crippen molar-refractivity contribution in [2.75, 3.05) is 18.9 Å². The van der Waals surface area contributed by atoms with Gasteiger partial charge < -0.3 is 15.2 Å². The maximum atomic E-state index is 12.2. The van der Waals surface area contributed by atoms with Crippen LogP contribution in [0, 0.1) is 5.92 Å². The Hall–Kier alpha value is -2.04. The van der Waals surface area contributed by atoms with E-state index in [0.717, 1.165) is 12.2 Å². The molecule has 0 spiro atoms. The smallest absolute Gasteiger partial charge is 0.228 e. The summed E-state index contributed by atoms with van der Waals surface area (Å²) >= 11 is 0. The van der Waals surface area contributed by atoms with Crippen LogP contribution in [0.3, 0.4) is 0 Å². The fraction of sp³-hybridized carbons (Fsp3) is 0.316. The van der Waals surface area contributed by atoms with Gasteiger partial charge in [-0.3, -0.25) is 4.79 Å². The molecule has 5 heteroatoms. The molecule has 1 atom stereocenters. The number of amides is 1. The van der Waals surface area contributed by atoms with Gasteiger partial charge in [0.1, 0.15) is 0 Å². The molecule has 128 valence electrons. The van der Waals surface area contributed by atoms with E-state index in [-0.39, 0.29) is 24.2 Å². The second-order valence-electron chi connectivity index (χ2n) is 5.94. The summed E-state index contributed by atoms with van der Waals surface area (Å²) in [5, 5.41) is 8.46. The van der Waals surface area contributed by atoms with E-state index in [1.165, 1.54) is 21.8 Å². The fourth-order valence-electron chi connectivity index (χ4n) is 3.14. The summed E-state index contributed by atoms with van der Waals surface area (Å²) in [4.78, 5) is 12.2. The number of nitrogens with one attached hydrogen (secondary N) is 2. The highest BCUT2D eigenvalue weighted by molar-refractivity contribution is 6.09. The molecule has 1 amide bonds. The fourth-order valence-corrected chi connectivity index (χ4v) is 3.14. The number of halogens is 1. The molecule has 2 N–H and O–H groups in total. The average Bonchev–Trinajstić information content (AvgIpc) is 2.88. The van der Waals surface area contributed by atoms with Gasteiger partial charge >= 0.3 is 0 Å². The number of hydrogen-bond acceptors (Lipinski definition) is 2. The summed E-state index contributed by atoms with van der Waals surface area (Å²) in [7, 11) is 1.86. The molecule has 1 heterocycles. The third-order valence-corrected chi connectivity index (χ3v) is 4.31. The molecule has 2 aromatic carbocycles. The van der Waals surface area contributed by atoms with E-state index >= 15 is 0 Å². The van der Waals surface area contributed by atoms with E-state index in [1.54, 1.807) is 0 Å². The maximum Gasteiger partial charge on any atom is 0.228 e. The van der Waals surface area contributed by atoms with Crippen LogP contribution in [0.25, 0.3) is 21.8 Å². The first kappa shape index (κ1) is 18.3. The van der Waals surface area contributed by atoms with Gasteiger partial charge in [0.15, 0.2) is 0 Å². The van der Waals surface area contributed by atoms with Crippen molar-refractivity contribution < 1.29 is 4.79 Å². The van der Waals surface area contributed by atoms with Gasteiger partial charge in [-0.25, -0.2) is 0 Å². The molecule has 0 saturated carbocycles. The van der Waals surface area contributed by atoms with Gasteiger partial charge in [-0.1, -0.05) is 25.1 Å². The maximum absolute atomic E-state index is 12.2. The Morgan fingerprint density at radius 2 is 1.83 bits per heavy atom. The molecule has 0 aliphatic rings. The lowest BCUT2D eigenvalue weighted by Crippen LogP contribution is -2.28. The third kappa shape index (κ3) is 3.25. The first-order valence-electron chi connectivity index (χ1n) is 8.12. The highest BCUT2D eigenvalue weighted by atomic mass is 35.5. The molecular weight excluding hydrogens is 322 g/mol. The SMILES string of the molecule is CCn1c2ccccc2c2cc(NC(=O)C(C)CNC)ccc21.Cl. The molecule has 0 fully saturated rings. The van der Waals surface area contributed by atoms with Crippen LogP contribution in [0.5, 0.6) is 0 Å². The number of rotatable bonds is 5. The minimum absolute atomic E-state index is 0. The van der Waals surface area contributed by atoms with E-state index in [1.807, 2.05) is 20.0 Å². The lowest BCUT2D eigenvalue weighted by Gasteiger charge is -2.12. The lowest BCUT2D eigenvalue weighted by molar-refractivity contribution is -0.119. The molecule has 3 rings (SSSR count). The number of anilines is 1. The van der Waals surface area contributed by atoms with Crippen molar-refractivity contribution in [3.8, 4) is 0 Å². The molecule has 24 heavy (non-hydrogen) atoms. The van der Waals surface area contributed by atoms with Crippen LogP contribution in [-0.4, -0.2) is 24.1 Å². The summed E-state index contributed by atoms with van der Waals surface area (Å²) in [6.45, 7) is 5.67. The summed E-state index contributed by atoms with van der Waals surface area (Å²) < 4.78 is 2.31. The zero-order chi connectivity index (χ0) is 16.4. The van der Waals surface area contributed by atoms with Crippen LogP contribution in [0.1, 0.15) is 13.8 Å². The van der Waals surface area contributed by atoms with Gasteiger partial charge in [0.05, 0.1) is 0 Å². The predicted octanol–water partition coefficient (Wildman–Crippen LogP) is 4.03. The van der Waals surface area contributed by atoms with E-state index in [4.69, 9.17) is 0 Å². The Balaban J connectivity index is 0.00000208. The lowest BCUT2D eigenvalue weighted by atomic mass is 10.1. The van der Waals surface area contributed by atoms with Gasteiger partial charge in [-0.2, -0.15) is 0 Å². The minimum atomic E-state index is -0.0623. The molecular formula is C19H24ClN3O. The standard InChI is InChI=1S/C19H23N3O.ClH/c1-4-22-17-8-6-5-7-15(17)16-11-14(9-10-18(16)22)21-19(23)13(2)12-20-3;/h5-11,13,20H,4,12H2,1-3H3,(H,21,23);1H. The van der Waals surface area contributed by atoms with Crippen LogP contribution >= 0.6 is 12.4 Å². The molecule has 0 saturated heterocycles. The number of carbonyl (C=O) groups excluding carboxylic acids is 1. The summed E-state index contributed by atoms with van der Waals surface area (Å²) in [6, 6.07) is 14.6. The van der Waals surface area contributed by atoms with Gasteiger partial charge in [-0.05, 0) is 38.2 Å². The molecule has 0 aliphatic heterocycles. The van der Waals surface area contributed by atoms with E-state index in [2.05, 4.69) is 58.5 Å². The van der Waals surface area contributed by atoms with Crippen molar-refractivity contribution in [2.45, 2.75) is 20.4 Å². The molecule has 0 aliphatic carbocycles. The Morgan fingerprint density at radius 3 is 2.54 bits per heavy atom. The van der Waals surface area contributed by atoms with E-state index in [9.17, 15) is 4.79 Å². The normalized spacial score (nSPS) is 12.1. The number of benzene rings is 2. The van der Waals surface area contributed by atoms with Crippen molar-refractivity contribution in [1.82, 2.24) is 9.88 Å². The highest BCUT2D eigenvalue weighted by Crippen LogP contribution is 2.31. The number of carbonyl (C=O) groups is 1. The zero-order valence-corrected chi connectivity index (χ0v) is 15.1. The first-order chi connectivity index (χ1) is 11.2. The first-order valence-corrected chi connectivity index (χ1v) is 8.12. The Morgan fingerprint density at radius 1 is 1.12 bits per heavy atom. The van der Waals surface area contributed by atoms with Gasteiger partial charge in [0.25, 0.3) is 0 Å². The second-order valence-corrected chi connectivity index (χ2v) is 5.94. The van der Waals surface area contributed by atoms with Gasteiger partial charge in [-0.15, -0.1) is 12.4 Å². The van der Waals surface area contributed by atoms with Gasteiger partial charge in [0.2, 0.25) is 5.91 Å². The average molecular weight is 346 g/mol. The predicted molar refractivity (Wildman–Crippen MR) is 104 cm³/mol. The quantitative estimate of drug-likeness (QED) is 0.733. The number of aryl methyl sites for hydroxylation is 1. The number of fused-ring (bicyclic) bond motifs is 3. The molecule has 3 aromatic rings. The van der Waals surface area contributed by atoms with E-state index < -0.39 is 0 Å². The zero-order valence-electron chi connectivity index (χ0n) is 14.3. The van der Waals surface area contributed by atoms with Crippen molar-refractivity contribution in [3.05, 3.63) is 42.5 Å². The number of para-hydroxylation sites is 1. The summed E-state index contributed by atoms with van der Waals surface area (Å²) in [5.41, 5.74) is 3.29. The van der Waals surface area contributed by atoms with Crippen LogP contribution < -0.4 is 10.6 Å². The Labute approximate surface area is 148 Å². The van der Waals surface area contributed by atoms with Crippen molar-refractivity contribution in [2.24, 2.45) is 5.92 Å².